The van der Waals surface area contributed by atoms with Crippen molar-refractivity contribution in [1.82, 2.24) is 15.0 Å². The van der Waals surface area contributed by atoms with E-state index in [0.29, 0.717) is 11.0 Å². The first kappa shape index (κ1) is 11.8. The third-order valence-corrected chi connectivity index (χ3v) is 2.43. The second-order valence-corrected chi connectivity index (χ2v) is 3.97. The molecule has 0 aliphatic carbocycles. The predicted octanol–water partition coefficient (Wildman–Crippen LogP) is 2.57. The predicted molar refractivity (Wildman–Crippen MR) is 68.1 cm³/mol. The number of aryl methyl sites for hydroxylation is 1. The third kappa shape index (κ3) is 4.00. The Bertz CT molecular complexity index is 461. The number of nitrogens with one attached hydrogen (secondary N) is 1. The quantitative estimate of drug-likeness (QED) is 0.827. The van der Waals surface area contributed by atoms with Gasteiger partial charge in [-0.2, -0.15) is 0 Å². The first-order valence-electron chi connectivity index (χ1n) is 5.46. The number of halogens is 1. The fraction of sp³-hybridized carbons (Fsp3) is 0.250. The van der Waals surface area contributed by atoms with Crippen molar-refractivity contribution >= 4 is 17.4 Å². The lowest BCUT2D eigenvalue weighted by atomic mass is 10.2. The summed E-state index contributed by atoms with van der Waals surface area (Å²) in [6.07, 6.45) is 6.92. The highest BCUT2D eigenvalue weighted by atomic mass is 35.5. The van der Waals surface area contributed by atoms with Crippen LogP contribution in [0, 0.1) is 0 Å². The van der Waals surface area contributed by atoms with Crippen LogP contribution in [0.1, 0.15) is 12.1 Å². The molecule has 0 aromatic carbocycles. The van der Waals surface area contributed by atoms with E-state index in [1.165, 1.54) is 6.20 Å². The lowest BCUT2D eigenvalue weighted by molar-refractivity contribution is 0.832. The van der Waals surface area contributed by atoms with E-state index in [9.17, 15) is 0 Å². The molecule has 0 fully saturated rings. The maximum atomic E-state index is 5.73. The molecule has 0 atom stereocenters. The normalized spacial score (nSPS) is 10.2. The number of aromatic nitrogens is 3. The van der Waals surface area contributed by atoms with Crippen molar-refractivity contribution in [3.8, 4) is 0 Å². The van der Waals surface area contributed by atoms with Gasteiger partial charge in [0.05, 0.1) is 12.4 Å². The monoisotopic (exact) mass is 248 g/mol. The molecule has 2 aromatic rings. The molecule has 4 nitrogen and oxygen atoms in total. The van der Waals surface area contributed by atoms with Crippen LogP contribution in [0.5, 0.6) is 0 Å². The average Bonchev–Trinajstić information content (AvgIpc) is 2.36. The fourth-order valence-electron chi connectivity index (χ4n) is 1.46. The van der Waals surface area contributed by atoms with E-state index >= 15 is 0 Å². The van der Waals surface area contributed by atoms with Gasteiger partial charge in [0, 0.05) is 18.4 Å². The van der Waals surface area contributed by atoms with Crippen molar-refractivity contribution < 1.29 is 0 Å². The number of pyridine rings is 1. The molecule has 0 saturated carbocycles. The number of rotatable bonds is 5. The van der Waals surface area contributed by atoms with E-state index < -0.39 is 0 Å². The Kier molecular flexibility index (Phi) is 4.27. The highest BCUT2D eigenvalue weighted by molar-refractivity contribution is 6.29. The fourth-order valence-corrected chi connectivity index (χ4v) is 1.61. The van der Waals surface area contributed by atoms with E-state index in [1.807, 2.05) is 24.4 Å². The molecule has 2 aromatic heterocycles. The van der Waals surface area contributed by atoms with Crippen LogP contribution in [-0.2, 0) is 6.42 Å². The lowest BCUT2D eigenvalue weighted by Gasteiger charge is -2.04. The van der Waals surface area contributed by atoms with Crippen LogP contribution in [0.2, 0.25) is 5.15 Å². The van der Waals surface area contributed by atoms with E-state index in [0.717, 1.165) is 25.1 Å². The third-order valence-electron chi connectivity index (χ3n) is 2.25. The van der Waals surface area contributed by atoms with Gasteiger partial charge in [0.2, 0.25) is 0 Å². The van der Waals surface area contributed by atoms with Crippen LogP contribution in [-0.4, -0.2) is 21.5 Å². The molecule has 2 heterocycles. The number of nitrogens with zero attached hydrogens (tertiary/aromatic N) is 3. The molecule has 0 aliphatic heterocycles. The molecule has 0 spiro atoms. The molecule has 5 heteroatoms. The first-order chi connectivity index (χ1) is 8.34. The van der Waals surface area contributed by atoms with Gasteiger partial charge in [0.25, 0.3) is 0 Å². The van der Waals surface area contributed by atoms with Gasteiger partial charge < -0.3 is 5.32 Å². The molecule has 0 bridgehead atoms. The molecule has 88 valence electrons. The minimum Gasteiger partial charge on any atom is -0.369 e. The Hall–Kier alpha value is -1.68. The molecule has 0 aliphatic rings. The molecule has 2 rings (SSSR count). The summed E-state index contributed by atoms with van der Waals surface area (Å²) >= 11 is 5.73. The summed E-state index contributed by atoms with van der Waals surface area (Å²) in [6.45, 7) is 0.825. The smallest absolute Gasteiger partial charge is 0.149 e. The number of hydrogen-bond donors (Lipinski definition) is 1. The zero-order valence-corrected chi connectivity index (χ0v) is 10.1. The molecular weight excluding hydrogens is 236 g/mol. The Morgan fingerprint density at radius 3 is 2.94 bits per heavy atom. The highest BCUT2D eigenvalue weighted by Crippen LogP contribution is 2.07. The van der Waals surface area contributed by atoms with Crippen molar-refractivity contribution in [3.05, 3.63) is 47.6 Å². The van der Waals surface area contributed by atoms with Gasteiger partial charge in [0.15, 0.2) is 0 Å². The first-order valence-corrected chi connectivity index (χ1v) is 5.84. The zero-order chi connectivity index (χ0) is 11.9. The van der Waals surface area contributed by atoms with Crippen molar-refractivity contribution in [3.63, 3.8) is 0 Å². The summed E-state index contributed by atoms with van der Waals surface area (Å²) in [5, 5.41) is 3.57. The summed E-state index contributed by atoms with van der Waals surface area (Å²) in [5.41, 5.74) is 1.10. The van der Waals surface area contributed by atoms with Gasteiger partial charge in [-0.1, -0.05) is 17.7 Å². The Morgan fingerprint density at radius 2 is 2.18 bits per heavy atom. The zero-order valence-electron chi connectivity index (χ0n) is 9.31. The van der Waals surface area contributed by atoms with Gasteiger partial charge in [-0.05, 0) is 25.0 Å². The van der Waals surface area contributed by atoms with Gasteiger partial charge in [-0.15, -0.1) is 0 Å². The van der Waals surface area contributed by atoms with Crippen LogP contribution in [0.15, 0.2) is 36.8 Å². The van der Waals surface area contributed by atoms with Crippen LogP contribution in [0.4, 0.5) is 5.82 Å². The van der Waals surface area contributed by atoms with Crippen molar-refractivity contribution in [1.29, 1.82) is 0 Å². The minimum atomic E-state index is 0.403. The van der Waals surface area contributed by atoms with E-state index in [2.05, 4.69) is 20.3 Å². The van der Waals surface area contributed by atoms with Crippen molar-refractivity contribution in [2.45, 2.75) is 12.8 Å². The van der Waals surface area contributed by atoms with Gasteiger partial charge in [0.1, 0.15) is 11.0 Å². The largest absolute Gasteiger partial charge is 0.369 e. The Balaban J connectivity index is 1.73. The van der Waals surface area contributed by atoms with Crippen LogP contribution < -0.4 is 5.32 Å². The van der Waals surface area contributed by atoms with Crippen molar-refractivity contribution in [2.24, 2.45) is 0 Å². The van der Waals surface area contributed by atoms with Crippen LogP contribution in [0.3, 0.4) is 0 Å². The van der Waals surface area contributed by atoms with Crippen LogP contribution >= 0.6 is 11.6 Å². The summed E-state index contributed by atoms with van der Waals surface area (Å²) < 4.78 is 0. The van der Waals surface area contributed by atoms with E-state index in [-0.39, 0.29) is 0 Å². The second kappa shape index (κ2) is 6.15. The molecule has 17 heavy (non-hydrogen) atoms. The maximum absolute atomic E-state index is 5.73. The van der Waals surface area contributed by atoms with Gasteiger partial charge in [-0.3, -0.25) is 9.97 Å². The Morgan fingerprint density at radius 1 is 1.24 bits per heavy atom. The standard InChI is InChI=1S/C12H13ClN4/c13-11-8-14-9-12(17-11)16-7-3-5-10-4-1-2-6-15-10/h1-2,4,6,8-9H,3,5,7H2,(H,16,17). The second-order valence-electron chi connectivity index (χ2n) is 3.58. The van der Waals surface area contributed by atoms with E-state index in [4.69, 9.17) is 11.6 Å². The number of anilines is 1. The molecule has 0 amide bonds. The van der Waals surface area contributed by atoms with Gasteiger partial charge >= 0.3 is 0 Å². The summed E-state index contributed by atoms with van der Waals surface area (Å²) in [7, 11) is 0. The Labute approximate surface area is 105 Å². The molecular formula is C12H13ClN4. The topological polar surface area (TPSA) is 50.7 Å². The average molecular weight is 249 g/mol. The molecule has 0 radical (unpaired) electrons. The lowest BCUT2D eigenvalue weighted by Crippen LogP contribution is -2.05. The maximum Gasteiger partial charge on any atom is 0.149 e. The summed E-state index contributed by atoms with van der Waals surface area (Å²) in [5.74, 6) is 0.707. The van der Waals surface area contributed by atoms with Gasteiger partial charge in [-0.25, -0.2) is 4.98 Å². The van der Waals surface area contributed by atoms with E-state index in [1.54, 1.807) is 6.20 Å². The van der Waals surface area contributed by atoms with Crippen LogP contribution in [0.25, 0.3) is 0 Å². The van der Waals surface area contributed by atoms with Crippen molar-refractivity contribution in [2.75, 3.05) is 11.9 Å². The molecule has 0 saturated heterocycles. The number of hydrogen-bond acceptors (Lipinski definition) is 4. The molecule has 1 N–H and O–H groups in total. The summed E-state index contributed by atoms with van der Waals surface area (Å²) in [6, 6.07) is 5.95. The highest BCUT2D eigenvalue weighted by Gasteiger charge is 1.96. The molecule has 0 unspecified atom stereocenters. The SMILES string of the molecule is Clc1cncc(NCCCc2ccccn2)n1. The minimum absolute atomic E-state index is 0.403. The summed E-state index contributed by atoms with van der Waals surface area (Å²) in [4.78, 5) is 12.3.